The van der Waals surface area contributed by atoms with Crippen LogP contribution >= 0.6 is 15.9 Å². The molecule has 0 fully saturated rings. The summed E-state index contributed by atoms with van der Waals surface area (Å²) in [4.78, 5) is 0. The zero-order valence-corrected chi connectivity index (χ0v) is 14.3. The SMILES string of the molecule is CCn1nc(C)c(C(C)Nc2cc(Br)ccc2C#N)c1C. The standard InChI is InChI=1S/C16H19BrN4/c1-5-21-12(4)16(11(3)20-21)10(2)19-15-8-14(17)7-6-13(15)9-18/h6-8,10,19H,5H2,1-4H3. The average Bonchev–Trinajstić information content (AvgIpc) is 2.73. The molecule has 1 aromatic carbocycles. The van der Waals surface area contributed by atoms with Crippen LogP contribution in [0.1, 0.15) is 42.4 Å². The predicted molar refractivity (Wildman–Crippen MR) is 88.3 cm³/mol. The molecule has 0 aliphatic heterocycles. The Balaban J connectivity index is 2.35. The lowest BCUT2D eigenvalue weighted by Gasteiger charge is -2.17. The van der Waals surface area contributed by atoms with Crippen molar-refractivity contribution in [1.29, 1.82) is 5.26 Å². The summed E-state index contributed by atoms with van der Waals surface area (Å²) in [6.07, 6.45) is 0. The molecule has 2 rings (SSSR count). The van der Waals surface area contributed by atoms with Crippen LogP contribution in [0, 0.1) is 25.2 Å². The van der Waals surface area contributed by atoms with Crippen LogP contribution in [0.4, 0.5) is 5.69 Å². The van der Waals surface area contributed by atoms with E-state index in [1.807, 2.05) is 29.8 Å². The van der Waals surface area contributed by atoms with Crippen LogP contribution in [-0.2, 0) is 6.54 Å². The number of hydrogen-bond acceptors (Lipinski definition) is 3. The molecule has 1 atom stereocenters. The van der Waals surface area contributed by atoms with Crippen molar-refractivity contribution in [3.8, 4) is 6.07 Å². The van der Waals surface area contributed by atoms with Crippen LogP contribution in [0.5, 0.6) is 0 Å². The van der Waals surface area contributed by atoms with Crippen molar-refractivity contribution < 1.29 is 0 Å². The summed E-state index contributed by atoms with van der Waals surface area (Å²) in [5.41, 5.74) is 4.87. The summed E-state index contributed by atoms with van der Waals surface area (Å²) in [5.74, 6) is 0. The van der Waals surface area contributed by atoms with Crippen LogP contribution in [0.15, 0.2) is 22.7 Å². The quantitative estimate of drug-likeness (QED) is 0.896. The first-order valence-electron chi connectivity index (χ1n) is 6.98. The maximum Gasteiger partial charge on any atom is 0.101 e. The molecule has 1 aromatic heterocycles. The number of nitrogens with zero attached hydrogens (tertiary/aromatic N) is 3. The normalized spacial score (nSPS) is 12.0. The van der Waals surface area contributed by atoms with Gasteiger partial charge in [-0.15, -0.1) is 0 Å². The lowest BCUT2D eigenvalue weighted by Crippen LogP contribution is -2.10. The number of rotatable bonds is 4. The van der Waals surface area contributed by atoms with Crippen molar-refractivity contribution in [2.24, 2.45) is 0 Å². The van der Waals surface area contributed by atoms with E-state index in [0.29, 0.717) is 5.56 Å². The Morgan fingerprint density at radius 2 is 2.14 bits per heavy atom. The molecule has 1 heterocycles. The Kier molecular flexibility index (Phi) is 4.69. The summed E-state index contributed by atoms with van der Waals surface area (Å²) >= 11 is 3.45. The Labute approximate surface area is 133 Å². The van der Waals surface area contributed by atoms with E-state index in [9.17, 15) is 5.26 Å². The topological polar surface area (TPSA) is 53.6 Å². The molecule has 110 valence electrons. The second-order valence-corrected chi connectivity index (χ2v) is 5.98. The van der Waals surface area contributed by atoms with E-state index >= 15 is 0 Å². The fourth-order valence-electron chi connectivity index (χ4n) is 2.68. The van der Waals surface area contributed by atoms with Crippen LogP contribution in [0.3, 0.4) is 0 Å². The second-order valence-electron chi connectivity index (χ2n) is 5.07. The third kappa shape index (κ3) is 3.11. The average molecular weight is 347 g/mol. The van der Waals surface area contributed by atoms with Crippen molar-refractivity contribution in [2.45, 2.75) is 40.3 Å². The number of aromatic nitrogens is 2. The van der Waals surface area contributed by atoms with Gasteiger partial charge in [-0.1, -0.05) is 15.9 Å². The monoisotopic (exact) mass is 346 g/mol. The van der Waals surface area contributed by atoms with Gasteiger partial charge in [0.15, 0.2) is 0 Å². The zero-order chi connectivity index (χ0) is 15.6. The smallest absolute Gasteiger partial charge is 0.101 e. The van der Waals surface area contributed by atoms with Gasteiger partial charge in [-0.2, -0.15) is 10.4 Å². The van der Waals surface area contributed by atoms with Crippen LogP contribution in [0.25, 0.3) is 0 Å². The van der Waals surface area contributed by atoms with E-state index in [1.165, 1.54) is 11.3 Å². The molecular formula is C16H19BrN4. The van der Waals surface area contributed by atoms with Gasteiger partial charge >= 0.3 is 0 Å². The fraction of sp³-hybridized carbons (Fsp3) is 0.375. The summed E-state index contributed by atoms with van der Waals surface area (Å²) < 4.78 is 2.96. The van der Waals surface area contributed by atoms with Gasteiger partial charge in [-0.05, 0) is 45.9 Å². The first-order chi connectivity index (χ1) is 9.97. The van der Waals surface area contributed by atoms with Gasteiger partial charge in [0.1, 0.15) is 6.07 Å². The summed E-state index contributed by atoms with van der Waals surface area (Å²) in [6.45, 7) is 9.16. The molecule has 1 unspecified atom stereocenters. The summed E-state index contributed by atoms with van der Waals surface area (Å²) in [6, 6.07) is 7.93. The fourth-order valence-corrected chi connectivity index (χ4v) is 3.05. The Bertz CT molecular complexity index is 697. The highest BCUT2D eigenvalue weighted by molar-refractivity contribution is 9.10. The third-order valence-electron chi connectivity index (χ3n) is 3.64. The summed E-state index contributed by atoms with van der Waals surface area (Å²) in [5, 5.41) is 17.2. The lowest BCUT2D eigenvalue weighted by atomic mass is 10.1. The molecule has 2 aromatic rings. The Hall–Kier alpha value is -1.80. The molecular weight excluding hydrogens is 328 g/mol. The minimum atomic E-state index is 0.0895. The number of anilines is 1. The van der Waals surface area contributed by atoms with E-state index in [2.05, 4.69) is 53.2 Å². The van der Waals surface area contributed by atoms with E-state index < -0.39 is 0 Å². The first-order valence-corrected chi connectivity index (χ1v) is 7.77. The van der Waals surface area contributed by atoms with Crippen molar-refractivity contribution in [3.05, 3.63) is 45.2 Å². The van der Waals surface area contributed by atoms with Gasteiger partial charge in [0.25, 0.3) is 0 Å². The highest BCUT2D eigenvalue weighted by atomic mass is 79.9. The van der Waals surface area contributed by atoms with Crippen LogP contribution in [-0.4, -0.2) is 9.78 Å². The minimum absolute atomic E-state index is 0.0895. The molecule has 1 N–H and O–H groups in total. The van der Waals surface area contributed by atoms with Crippen molar-refractivity contribution >= 4 is 21.6 Å². The number of hydrogen-bond donors (Lipinski definition) is 1. The van der Waals surface area contributed by atoms with E-state index in [-0.39, 0.29) is 6.04 Å². The highest BCUT2D eigenvalue weighted by Gasteiger charge is 2.18. The number of aryl methyl sites for hydroxylation is 2. The molecule has 0 amide bonds. The van der Waals surface area contributed by atoms with Crippen LogP contribution in [0.2, 0.25) is 0 Å². The molecule has 0 radical (unpaired) electrons. The maximum atomic E-state index is 9.22. The summed E-state index contributed by atoms with van der Waals surface area (Å²) in [7, 11) is 0. The lowest BCUT2D eigenvalue weighted by molar-refractivity contribution is 0.632. The molecule has 0 aliphatic rings. The molecule has 5 heteroatoms. The van der Waals surface area contributed by atoms with Gasteiger partial charge < -0.3 is 5.32 Å². The van der Waals surface area contributed by atoms with Crippen molar-refractivity contribution in [1.82, 2.24) is 9.78 Å². The van der Waals surface area contributed by atoms with Gasteiger partial charge in [-0.3, -0.25) is 4.68 Å². The number of nitriles is 1. The Morgan fingerprint density at radius 1 is 1.43 bits per heavy atom. The molecule has 0 bridgehead atoms. The van der Waals surface area contributed by atoms with Gasteiger partial charge in [0.2, 0.25) is 0 Å². The molecule has 0 aliphatic carbocycles. The zero-order valence-electron chi connectivity index (χ0n) is 12.7. The molecule has 21 heavy (non-hydrogen) atoms. The van der Waals surface area contributed by atoms with Gasteiger partial charge in [0, 0.05) is 22.3 Å². The third-order valence-corrected chi connectivity index (χ3v) is 4.14. The first kappa shape index (κ1) is 15.6. The van der Waals surface area contributed by atoms with E-state index in [0.717, 1.165) is 22.4 Å². The van der Waals surface area contributed by atoms with Crippen molar-refractivity contribution in [2.75, 3.05) is 5.32 Å². The highest BCUT2D eigenvalue weighted by Crippen LogP contribution is 2.28. The van der Waals surface area contributed by atoms with E-state index in [1.54, 1.807) is 0 Å². The number of benzene rings is 1. The van der Waals surface area contributed by atoms with Gasteiger partial charge in [0.05, 0.1) is 23.0 Å². The predicted octanol–water partition coefficient (Wildman–Crippen LogP) is 4.33. The maximum absolute atomic E-state index is 9.22. The van der Waals surface area contributed by atoms with E-state index in [4.69, 9.17) is 0 Å². The number of halogens is 1. The molecule has 4 nitrogen and oxygen atoms in total. The van der Waals surface area contributed by atoms with Gasteiger partial charge in [-0.25, -0.2) is 0 Å². The minimum Gasteiger partial charge on any atom is -0.377 e. The van der Waals surface area contributed by atoms with Crippen LogP contribution < -0.4 is 5.32 Å². The second kappa shape index (κ2) is 6.31. The van der Waals surface area contributed by atoms with Crippen molar-refractivity contribution in [3.63, 3.8) is 0 Å². The largest absolute Gasteiger partial charge is 0.377 e. The Morgan fingerprint density at radius 3 is 2.71 bits per heavy atom. The molecule has 0 saturated carbocycles. The number of nitrogens with one attached hydrogen (secondary N) is 1. The molecule has 0 saturated heterocycles. The molecule has 0 spiro atoms.